The van der Waals surface area contributed by atoms with Gasteiger partial charge in [-0.3, -0.25) is 0 Å². The molecular weight excluding hydrogens is 203 g/mol. The van der Waals surface area contributed by atoms with Crippen molar-refractivity contribution in [1.82, 2.24) is 0 Å². The summed E-state index contributed by atoms with van der Waals surface area (Å²) in [7, 11) is 0. The van der Waals surface area contributed by atoms with Gasteiger partial charge in [0, 0.05) is 6.04 Å². The lowest BCUT2D eigenvalue weighted by molar-refractivity contribution is 0.447. The Morgan fingerprint density at radius 2 is 1.73 bits per heavy atom. The topological polar surface area (TPSA) is 26.0 Å². The van der Waals surface area contributed by atoms with Crippen LogP contribution in [-0.2, 0) is 0 Å². The van der Waals surface area contributed by atoms with Crippen LogP contribution in [0.2, 0.25) is 0 Å². The fraction of sp³-hybridized carbons (Fsp3) is 0.273. The smallest absolute Gasteiger partial charge is 0.194 e. The van der Waals surface area contributed by atoms with Crippen LogP contribution in [0.5, 0.6) is 0 Å². The molecule has 0 bridgehead atoms. The predicted octanol–water partition coefficient (Wildman–Crippen LogP) is 2.85. The lowest BCUT2D eigenvalue weighted by Gasteiger charge is -2.05. The van der Waals surface area contributed by atoms with Crippen LogP contribution in [0, 0.1) is 17.5 Å². The third-order valence-electron chi connectivity index (χ3n) is 2.12. The van der Waals surface area contributed by atoms with Crippen LogP contribution in [0.4, 0.5) is 13.2 Å². The van der Waals surface area contributed by atoms with Gasteiger partial charge in [0.05, 0.1) is 0 Å². The summed E-state index contributed by atoms with van der Waals surface area (Å²) in [6.45, 7) is 3.49. The maximum absolute atomic E-state index is 12.8. The second-order valence-electron chi connectivity index (χ2n) is 3.48. The first-order valence-electron chi connectivity index (χ1n) is 4.50. The summed E-state index contributed by atoms with van der Waals surface area (Å²) in [4.78, 5) is 0. The van der Waals surface area contributed by atoms with E-state index in [4.69, 9.17) is 5.73 Å². The Balaban J connectivity index is 3.13. The van der Waals surface area contributed by atoms with Crippen molar-refractivity contribution in [3.05, 3.63) is 40.7 Å². The van der Waals surface area contributed by atoms with Crippen LogP contribution >= 0.6 is 0 Å². The summed E-state index contributed by atoms with van der Waals surface area (Å²) >= 11 is 0. The van der Waals surface area contributed by atoms with Crippen LogP contribution in [0.25, 0.3) is 6.08 Å². The van der Waals surface area contributed by atoms with Crippen LogP contribution in [0.15, 0.2) is 17.7 Å². The van der Waals surface area contributed by atoms with Crippen molar-refractivity contribution < 1.29 is 13.2 Å². The number of nitrogens with two attached hydrogens (primary N) is 1. The zero-order chi connectivity index (χ0) is 11.6. The first-order chi connectivity index (χ1) is 6.91. The second-order valence-corrected chi connectivity index (χ2v) is 3.48. The van der Waals surface area contributed by atoms with Gasteiger partial charge in [-0.05, 0) is 31.5 Å². The fourth-order valence-electron chi connectivity index (χ4n) is 1.05. The Bertz CT molecular complexity index is 374. The van der Waals surface area contributed by atoms with Crippen molar-refractivity contribution in [2.45, 2.75) is 19.9 Å². The number of benzene rings is 1. The van der Waals surface area contributed by atoms with E-state index < -0.39 is 17.5 Å². The van der Waals surface area contributed by atoms with Gasteiger partial charge in [-0.2, -0.15) is 0 Å². The molecule has 0 amide bonds. The third kappa shape index (κ3) is 2.83. The van der Waals surface area contributed by atoms with Crippen molar-refractivity contribution in [2.24, 2.45) is 5.73 Å². The van der Waals surface area contributed by atoms with Gasteiger partial charge in [-0.1, -0.05) is 11.6 Å². The Kier molecular flexibility index (Phi) is 3.52. The van der Waals surface area contributed by atoms with E-state index in [9.17, 15) is 13.2 Å². The van der Waals surface area contributed by atoms with Crippen molar-refractivity contribution in [1.29, 1.82) is 0 Å². The zero-order valence-electron chi connectivity index (χ0n) is 8.52. The molecule has 15 heavy (non-hydrogen) atoms. The summed E-state index contributed by atoms with van der Waals surface area (Å²) < 4.78 is 38.2. The molecule has 0 aliphatic carbocycles. The quantitative estimate of drug-likeness (QED) is 0.754. The van der Waals surface area contributed by atoms with Crippen molar-refractivity contribution >= 4 is 6.08 Å². The molecule has 0 radical (unpaired) electrons. The zero-order valence-corrected chi connectivity index (χ0v) is 8.52. The highest BCUT2D eigenvalue weighted by Gasteiger charge is 2.09. The molecule has 4 heteroatoms. The van der Waals surface area contributed by atoms with Gasteiger partial charge in [-0.25, -0.2) is 13.2 Å². The minimum absolute atomic E-state index is 0.207. The first-order valence-corrected chi connectivity index (χ1v) is 4.50. The monoisotopic (exact) mass is 215 g/mol. The maximum Gasteiger partial charge on any atom is 0.194 e. The highest BCUT2D eigenvalue weighted by molar-refractivity contribution is 5.53. The van der Waals surface area contributed by atoms with Gasteiger partial charge in [-0.15, -0.1) is 0 Å². The second kappa shape index (κ2) is 4.49. The molecule has 1 rings (SSSR count). The molecule has 0 aromatic heterocycles. The molecule has 1 nitrogen and oxygen atoms in total. The van der Waals surface area contributed by atoms with Gasteiger partial charge < -0.3 is 5.73 Å². The number of rotatable bonds is 2. The lowest BCUT2D eigenvalue weighted by atomic mass is 10.1. The van der Waals surface area contributed by atoms with Gasteiger partial charge >= 0.3 is 0 Å². The molecule has 0 aliphatic rings. The Morgan fingerprint density at radius 1 is 1.27 bits per heavy atom. The molecule has 82 valence electrons. The molecule has 1 aromatic rings. The molecule has 0 saturated carbocycles. The summed E-state index contributed by atoms with van der Waals surface area (Å²) in [6.07, 6.45) is 1.52. The minimum Gasteiger partial charge on any atom is -0.324 e. The van der Waals surface area contributed by atoms with Crippen LogP contribution in [0.3, 0.4) is 0 Å². The molecule has 2 N–H and O–H groups in total. The summed E-state index contributed by atoms with van der Waals surface area (Å²) in [5.74, 6) is -3.84. The number of hydrogen-bond acceptors (Lipinski definition) is 1. The van der Waals surface area contributed by atoms with E-state index in [0.717, 1.165) is 17.7 Å². The van der Waals surface area contributed by atoms with E-state index in [0.29, 0.717) is 0 Å². The standard InChI is InChI=1S/C11H12F3N/c1-6(7(2)15)3-8-4-9(12)11(14)10(13)5-8/h3-5,7H,15H2,1-2H3/b6-3+. The van der Waals surface area contributed by atoms with Gasteiger partial charge in [0.1, 0.15) is 0 Å². The average Bonchev–Trinajstić information content (AvgIpc) is 2.13. The number of hydrogen-bond donors (Lipinski definition) is 1. The van der Waals surface area contributed by atoms with E-state index in [2.05, 4.69) is 0 Å². The molecule has 1 unspecified atom stereocenters. The van der Waals surface area contributed by atoms with Gasteiger partial charge in [0.2, 0.25) is 0 Å². The Morgan fingerprint density at radius 3 is 2.13 bits per heavy atom. The van der Waals surface area contributed by atoms with E-state index in [1.807, 2.05) is 0 Å². The maximum atomic E-state index is 12.8. The minimum atomic E-state index is -1.45. The van der Waals surface area contributed by atoms with Crippen molar-refractivity contribution in [3.8, 4) is 0 Å². The van der Waals surface area contributed by atoms with E-state index >= 15 is 0 Å². The highest BCUT2D eigenvalue weighted by Crippen LogP contribution is 2.16. The van der Waals surface area contributed by atoms with Crippen molar-refractivity contribution in [2.75, 3.05) is 0 Å². The van der Waals surface area contributed by atoms with Crippen LogP contribution in [0.1, 0.15) is 19.4 Å². The molecule has 0 saturated heterocycles. The number of halogens is 3. The predicted molar refractivity (Wildman–Crippen MR) is 53.6 cm³/mol. The van der Waals surface area contributed by atoms with E-state index in [1.54, 1.807) is 13.8 Å². The molecule has 0 heterocycles. The van der Waals surface area contributed by atoms with Gasteiger partial charge in [0.15, 0.2) is 17.5 Å². The molecule has 0 spiro atoms. The Hall–Kier alpha value is -1.29. The first kappa shape index (κ1) is 11.8. The molecule has 1 atom stereocenters. The summed E-state index contributed by atoms with van der Waals surface area (Å²) in [5, 5.41) is 0. The summed E-state index contributed by atoms with van der Waals surface area (Å²) in [6, 6.07) is 1.66. The largest absolute Gasteiger partial charge is 0.324 e. The molecular formula is C11H12F3N. The average molecular weight is 215 g/mol. The van der Waals surface area contributed by atoms with Crippen LogP contribution < -0.4 is 5.73 Å². The Labute approximate surface area is 86.4 Å². The van der Waals surface area contributed by atoms with Crippen molar-refractivity contribution in [3.63, 3.8) is 0 Å². The fourth-order valence-corrected chi connectivity index (χ4v) is 1.05. The van der Waals surface area contributed by atoms with E-state index in [-0.39, 0.29) is 11.6 Å². The third-order valence-corrected chi connectivity index (χ3v) is 2.12. The normalized spacial score (nSPS) is 14.1. The lowest BCUT2D eigenvalue weighted by Crippen LogP contribution is -2.15. The molecule has 0 aliphatic heterocycles. The summed E-state index contributed by atoms with van der Waals surface area (Å²) in [5.41, 5.74) is 6.59. The van der Waals surface area contributed by atoms with E-state index in [1.165, 1.54) is 6.08 Å². The van der Waals surface area contributed by atoms with Crippen LogP contribution in [-0.4, -0.2) is 6.04 Å². The van der Waals surface area contributed by atoms with Gasteiger partial charge in [0.25, 0.3) is 0 Å². The molecule has 1 aromatic carbocycles. The highest BCUT2D eigenvalue weighted by atomic mass is 19.2. The SMILES string of the molecule is C/C(=C\c1cc(F)c(F)c(F)c1)C(C)N. The molecule has 0 fully saturated rings.